The molecule has 8 nitrogen and oxygen atoms in total. The summed E-state index contributed by atoms with van der Waals surface area (Å²) in [6.45, 7) is 1.89. The van der Waals surface area contributed by atoms with Crippen LogP contribution in [0.5, 0.6) is 0 Å². The Kier molecular flexibility index (Phi) is 6.47. The van der Waals surface area contributed by atoms with Crippen LogP contribution in [0.25, 0.3) is 11.5 Å². The second-order valence-electron chi connectivity index (χ2n) is 7.71. The lowest BCUT2D eigenvalue weighted by Crippen LogP contribution is -2.46. The molecule has 3 atom stereocenters. The number of aliphatic hydroxyl groups is 1. The highest BCUT2D eigenvalue weighted by Crippen LogP contribution is 2.24. The summed E-state index contributed by atoms with van der Waals surface area (Å²) in [5.74, 6) is 0.578. The van der Waals surface area contributed by atoms with E-state index >= 15 is 0 Å². The van der Waals surface area contributed by atoms with Crippen molar-refractivity contribution in [2.75, 3.05) is 6.54 Å². The van der Waals surface area contributed by atoms with Gasteiger partial charge in [0.1, 0.15) is 5.69 Å². The third-order valence-electron chi connectivity index (χ3n) is 5.30. The Labute approximate surface area is 181 Å². The number of hydrogen-bond donors (Lipinski definition) is 2. The van der Waals surface area contributed by atoms with Gasteiger partial charge >= 0.3 is 0 Å². The van der Waals surface area contributed by atoms with E-state index in [9.17, 15) is 13.5 Å². The molecule has 9 heteroatoms. The van der Waals surface area contributed by atoms with E-state index in [4.69, 9.17) is 9.26 Å². The van der Waals surface area contributed by atoms with Gasteiger partial charge in [-0.1, -0.05) is 28.9 Å². The van der Waals surface area contributed by atoms with Crippen molar-refractivity contribution >= 4 is 10.0 Å². The molecule has 2 N–H and O–H groups in total. The average Bonchev–Trinajstić information content (AvgIpc) is 3.23. The molecule has 1 aromatic carbocycles. The first-order valence-corrected chi connectivity index (χ1v) is 11.7. The fraction of sp³-hybridized carbons (Fsp3) is 0.364. The highest BCUT2D eigenvalue weighted by molar-refractivity contribution is 7.89. The van der Waals surface area contributed by atoms with Crippen LogP contribution >= 0.6 is 0 Å². The zero-order chi connectivity index (χ0) is 21.8. The quantitative estimate of drug-likeness (QED) is 0.576. The number of rotatable bonds is 7. The molecule has 0 amide bonds. The van der Waals surface area contributed by atoms with Crippen LogP contribution in [0.2, 0.25) is 0 Å². The minimum Gasteiger partial charge on any atom is -0.390 e. The molecule has 0 radical (unpaired) electrons. The zero-order valence-electron chi connectivity index (χ0n) is 17.1. The van der Waals surface area contributed by atoms with Crippen molar-refractivity contribution in [2.45, 2.75) is 49.4 Å². The van der Waals surface area contributed by atoms with E-state index < -0.39 is 22.2 Å². The van der Waals surface area contributed by atoms with Crippen LogP contribution in [0.1, 0.15) is 24.1 Å². The molecule has 1 aliphatic heterocycles. The fourth-order valence-corrected chi connectivity index (χ4v) is 4.59. The molecule has 0 spiro atoms. The van der Waals surface area contributed by atoms with Crippen LogP contribution in [-0.4, -0.2) is 48.5 Å². The van der Waals surface area contributed by atoms with E-state index in [1.165, 1.54) is 0 Å². The summed E-state index contributed by atoms with van der Waals surface area (Å²) in [5, 5.41) is 14.4. The van der Waals surface area contributed by atoms with Crippen LogP contribution in [-0.2, 0) is 21.2 Å². The number of pyridine rings is 1. The smallest absolute Gasteiger partial charge is 0.240 e. The van der Waals surface area contributed by atoms with E-state index in [0.29, 0.717) is 30.7 Å². The standard InChI is InChI=1S/C22H25N3O5S/c1-15-5-8-18(9-6-15)31(27,28)24-14-22-20(26)10-7-17(29-22)12-16-13-21(30-25-16)19-4-2-3-11-23-19/h2-6,8-9,11,13,17,20,22,24,26H,7,10,12,14H2,1H3. The highest BCUT2D eigenvalue weighted by Gasteiger charge is 2.31. The Bertz CT molecular complexity index is 1100. The van der Waals surface area contributed by atoms with Crippen molar-refractivity contribution in [1.29, 1.82) is 0 Å². The Morgan fingerprint density at radius 2 is 1.97 bits per heavy atom. The van der Waals surface area contributed by atoms with Crippen molar-refractivity contribution in [2.24, 2.45) is 0 Å². The lowest BCUT2D eigenvalue weighted by molar-refractivity contribution is -0.113. The van der Waals surface area contributed by atoms with Gasteiger partial charge in [-0.2, -0.15) is 0 Å². The lowest BCUT2D eigenvalue weighted by atomic mass is 9.98. The summed E-state index contributed by atoms with van der Waals surface area (Å²) >= 11 is 0. The molecule has 3 unspecified atom stereocenters. The maximum absolute atomic E-state index is 12.5. The first-order valence-electron chi connectivity index (χ1n) is 10.2. The van der Waals surface area contributed by atoms with Gasteiger partial charge in [0, 0.05) is 25.2 Å². The zero-order valence-corrected chi connectivity index (χ0v) is 18.0. The second-order valence-corrected chi connectivity index (χ2v) is 9.47. The molecular formula is C22H25N3O5S. The van der Waals surface area contributed by atoms with Gasteiger partial charge in [-0.3, -0.25) is 4.98 Å². The predicted molar refractivity (Wildman–Crippen MR) is 114 cm³/mol. The van der Waals surface area contributed by atoms with E-state index in [1.807, 2.05) is 31.2 Å². The van der Waals surface area contributed by atoms with Crippen molar-refractivity contribution in [1.82, 2.24) is 14.9 Å². The normalized spacial score (nSPS) is 21.8. The van der Waals surface area contributed by atoms with Crippen LogP contribution in [0.3, 0.4) is 0 Å². The largest absolute Gasteiger partial charge is 0.390 e. The highest BCUT2D eigenvalue weighted by atomic mass is 32.2. The first-order chi connectivity index (χ1) is 14.9. The molecule has 164 valence electrons. The molecule has 2 aromatic heterocycles. The maximum atomic E-state index is 12.5. The summed E-state index contributed by atoms with van der Waals surface area (Å²) in [6.07, 6.45) is 1.79. The fourth-order valence-electron chi connectivity index (χ4n) is 3.55. The summed E-state index contributed by atoms with van der Waals surface area (Å²) in [7, 11) is -3.68. The van der Waals surface area contributed by atoms with Crippen LogP contribution in [0.15, 0.2) is 64.1 Å². The van der Waals surface area contributed by atoms with Crippen molar-refractivity contribution in [3.8, 4) is 11.5 Å². The molecule has 1 saturated heterocycles. The summed E-state index contributed by atoms with van der Waals surface area (Å²) in [4.78, 5) is 4.43. The van der Waals surface area contributed by atoms with Gasteiger partial charge in [-0.05, 0) is 44.0 Å². The third kappa shape index (κ3) is 5.37. The third-order valence-corrected chi connectivity index (χ3v) is 6.74. The lowest BCUT2D eigenvalue weighted by Gasteiger charge is -2.33. The monoisotopic (exact) mass is 443 g/mol. The molecule has 0 aliphatic carbocycles. The molecule has 1 fully saturated rings. The van der Waals surface area contributed by atoms with Crippen molar-refractivity contribution < 1.29 is 22.8 Å². The maximum Gasteiger partial charge on any atom is 0.240 e. The molecule has 31 heavy (non-hydrogen) atoms. The van der Waals surface area contributed by atoms with Crippen LogP contribution in [0, 0.1) is 6.92 Å². The summed E-state index contributed by atoms with van der Waals surface area (Å²) < 4.78 is 39.0. The molecule has 0 bridgehead atoms. The Balaban J connectivity index is 1.36. The van der Waals surface area contributed by atoms with Crippen molar-refractivity contribution in [3.05, 3.63) is 66.0 Å². The molecule has 3 heterocycles. The first kappa shape index (κ1) is 21.6. The molecular weight excluding hydrogens is 418 g/mol. The van der Waals surface area contributed by atoms with Gasteiger partial charge in [0.15, 0.2) is 5.76 Å². The Morgan fingerprint density at radius 3 is 2.71 bits per heavy atom. The van der Waals surface area contributed by atoms with Gasteiger partial charge in [-0.25, -0.2) is 13.1 Å². The van der Waals surface area contributed by atoms with E-state index in [1.54, 1.807) is 30.5 Å². The predicted octanol–water partition coefficient (Wildman–Crippen LogP) is 2.47. The molecule has 4 rings (SSSR count). The number of nitrogens with one attached hydrogen (secondary N) is 1. The van der Waals surface area contributed by atoms with Crippen LogP contribution < -0.4 is 4.72 Å². The van der Waals surface area contributed by atoms with Gasteiger partial charge in [0.2, 0.25) is 10.0 Å². The molecule has 1 aliphatic rings. The molecule has 0 saturated carbocycles. The molecule has 3 aromatic rings. The number of ether oxygens (including phenoxy) is 1. The number of nitrogens with zero attached hydrogens (tertiary/aromatic N) is 2. The number of sulfonamides is 1. The van der Waals surface area contributed by atoms with Gasteiger partial charge in [0.05, 0.1) is 28.9 Å². The number of aromatic nitrogens is 2. The number of benzene rings is 1. The second kappa shape index (κ2) is 9.27. The van der Waals surface area contributed by atoms with Gasteiger partial charge in [-0.15, -0.1) is 0 Å². The minimum absolute atomic E-state index is 0.00806. The van der Waals surface area contributed by atoms with E-state index in [2.05, 4.69) is 14.9 Å². The number of aliphatic hydroxyl groups excluding tert-OH is 1. The number of hydrogen-bond acceptors (Lipinski definition) is 7. The van der Waals surface area contributed by atoms with Gasteiger partial charge < -0.3 is 14.4 Å². The average molecular weight is 444 g/mol. The summed E-state index contributed by atoms with van der Waals surface area (Å²) in [5.41, 5.74) is 2.40. The van der Waals surface area contributed by atoms with Crippen molar-refractivity contribution in [3.63, 3.8) is 0 Å². The van der Waals surface area contributed by atoms with Crippen LogP contribution in [0.4, 0.5) is 0 Å². The summed E-state index contributed by atoms with van der Waals surface area (Å²) in [6, 6.07) is 14.0. The van der Waals surface area contributed by atoms with E-state index in [0.717, 1.165) is 11.3 Å². The Morgan fingerprint density at radius 1 is 1.16 bits per heavy atom. The topological polar surface area (TPSA) is 115 Å². The SMILES string of the molecule is Cc1ccc(S(=O)(=O)NCC2OC(Cc3cc(-c4ccccn4)on3)CCC2O)cc1. The number of aryl methyl sites for hydroxylation is 1. The van der Waals surface area contributed by atoms with E-state index in [-0.39, 0.29) is 17.5 Å². The van der Waals surface area contributed by atoms with Gasteiger partial charge in [0.25, 0.3) is 0 Å². The Hall–Kier alpha value is -2.59. The minimum atomic E-state index is -3.68.